The first-order chi connectivity index (χ1) is 7.88. The molecule has 1 aliphatic rings. The smallest absolute Gasteiger partial charge is 0.0958 e. The second-order valence-electron chi connectivity index (χ2n) is 4.12. The average molecular weight is 234 g/mol. The number of rotatable bonds is 4. The molecule has 1 N–H and O–H groups in total. The van der Waals surface area contributed by atoms with E-state index in [0.29, 0.717) is 0 Å². The third-order valence-electron chi connectivity index (χ3n) is 2.92. The van der Waals surface area contributed by atoms with Crippen LogP contribution in [0.25, 0.3) is 0 Å². The van der Waals surface area contributed by atoms with Crippen LogP contribution in [0, 0.1) is 5.92 Å². The largest absolute Gasteiger partial charge is 0.384 e. The highest BCUT2D eigenvalue weighted by Gasteiger charge is 2.09. The molecule has 0 spiro atoms. The van der Waals surface area contributed by atoms with Gasteiger partial charge in [0.25, 0.3) is 0 Å². The Labute approximate surface area is 102 Å². The Bertz CT molecular complexity index is 345. The fraction of sp³-hybridized carbons (Fsp3) is 0.462. The maximum absolute atomic E-state index is 4.35. The average Bonchev–Trinajstić information content (AvgIpc) is 2.38. The quantitative estimate of drug-likeness (QED) is 0.637. The Kier molecular flexibility index (Phi) is 4.28. The molecule has 1 aliphatic carbocycles. The van der Waals surface area contributed by atoms with Crippen LogP contribution >= 0.6 is 11.8 Å². The van der Waals surface area contributed by atoms with Gasteiger partial charge in [-0.3, -0.25) is 0 Å². The van der Waals surface area contributed by atoms with Crippen molar-refractivity contribution in [1.82, 2.24) is 4.98 Å². The van der Waals surface area contributed by atoms with Gasteiger partial charge in [-0.1, -0.05) is 12.2 Å². The zero-order chi connectivity index (χ0) is 11.2. The summed E-state index contributed by atoms with van der Waals surface area (Å²) in [6.07, 6.45) is 12.3. The summed E-state index contributed by atoms with van der Waals surface area (Å²) in [5.41, 5.74) is 1.13. The number of hydrogen-bond acceptors (Lipinski definition) is 3. The van der Waals surface area contributed by atoms with E-state index in [9.17, 15) is 0 Å². The van der Waals surface area contributed by atoms with Gasteiger partial charge in [0.1, 0.15) is 0 Å². The molecule has 0 saturated heterocycles. The lowest BCUT2D eigenvalue weighted by atomic mass is 9.94. The molecule has 0 radical (unpaired) electrons. The molecule has 1 heterocycles. The van der Waals surface area contributed by atoms with Crippen molar-refractivity contribution in [2.24, 2.45) is 5.92 Å². The van der Waals surface area contributed by atoms with Crippen molar-refractivity contribution in [3.05, 3.63) is 30.5 Å². The molecule has 86 valence electrons. The molecule has 0 amide bonds. The first-order valence-corrected chi connectivity index (χ1v) is 7.00. The molecule has 0 fully saturated rings. The summed E-state index contributed by atoms with van der Waals surface area (Å²) < 4.78 is 0. The zero-order valence-electron chi connectivity index (χ0n) is 9.65. The van der Waals surface area contributed by atoms with Crippen LogP contribution in [-0.4, -0.2) is 17.8 Å². The van der Waals surface area contributed by atoms with Gasteiger partial charge < -0.3 is 5.32 Å². The minimum atomic E-state index is 0.783. The predicted octanol–water partition coefficient (Wildman–Crippen LogP) is 3.57. The minimum Gasteiger partial charge on any atom is -0.384 e. The first kappa shape index (κ1) is 11.5. The maximum atomic E-state index is 4.35. The van der Waals surface area contributed by atoms with Gasteiger partial charge in [-0.2, -0.15) is 0 Å². The van der Waals surface area contributed by atoms with Crippen molar-refractivity contribution in [1.29, 1.82) is 0 Å². The number of pyridine rings is 1. The second-order valence-corrected chi connectivity index (χ2v) is 4.95. The van der Waals surface area contributed by atoms with Crippen molar-refractivity contribution < 1.29 is 0 Å². The minimum absolute atomic E-state index is 0.783. The number of thioether (sulfide) groups is 1. The Hall–Kier alpha value is -0.960. The van der Waals surface area contributed by atoms with Crippen LogP contribution in [0.2, 0.25) is 0 Å². The van der Waals surface area contributed by atoms with Gasteiger partial charge in [0.2, 0.25) is 0 Å². The van der Waals surface area contributed by atoms with Gasteiger partial charge in [0.15, 0.2) is 0 Å². The topological polar surface area (TPSA) is 24.9 Å². The van der Waals surface area contributed by atoms with Crippen molar-refractivity contribution in [3.8, 4) is 0 Å². The lowest BCUT2D eigenvalue weighted by Crippen LogP contribution is -2.15. The van der Waals surface area contributed by atoms with E-state index in [1.807, 2.05) is 12.5 Å². The molecule has 3 heteroatoms. The summed E-state index contributed by atoms with van der Waals surface area (Å²) in [6.45, 7) is 1.06. The van der Waals surface area contributed by atoms with E-state index >= 15 is 0 Å². The lowest BCUT2D eigenvalue weighted by Gasteiger charge is -2.18. The zero-order valence-corrected chi connectivity index (χ0v) is 10.5. The third kappa shape index (κ3) is 3.27. The number of nitrogens with zero attached hydrogens (tertiary/aromatic N) is 1. The van der Waals surface area contributed by atoms with E-state index in [1.54, 1.807) is 11.8 Å². The van der Waals surface area contributed by atoms with Crippen molar-refractivity contribution in [2.45, 2.75) is 24.3 Å². The molecule has 0 bridgehead atoms. The molecule has 2 nitrogen and oxygen atoms in total. The molecule has 2 rings (SSSR count). The van der Waals surface area contributed by atoms with Crippen LogP contribution in [-0.2, 0) is 0 Å². The Morgan fingerprint density at radius 2 is 2.38 bits per heavy atom. The SMILES string of the molecule is CSc1ccc(NCC2CC=CCC2)cn1. The normalized spacial score (nSPS) is 19.7. The summed E-state index contributed by atoms with van der Waals surface area (Å²) >= 11 is 1.68. The van der Waals surface area contributed by atoms with Gasteiger partial charge in [-0.15, -0.1) is 11.8 Å². The van der Waals surface area contributed by atoms with E-state index in [2.05, 4.69) is 34.6 Å². The van der Waals surface area contributed by atoms with E-state index < -0.39 is 0 Å². The number of nitrogens with one attached hydrogen (secondary N) is 1. The summed E-state index contributed by atoms with van der Waals surface area (Å²) in [6, 6.07) is 4.17. The summed E-state index contributed by atoms with van der Waals surface area (Å²) in [5, 5.41) is 4.54. The second kappa shape index (κ2) is 5.94. The molecule has 16 heavy (non-hydrogen) atoms. The van der Waals surface area contributed by atoms with Gasteiger partial charge >= 0.3 is 0 Å². The third-order valence-corrected chi connectivity index (χ3v) is 3.58. The standard InChI is InChI=1S/C13H18N2S/c1-16-13-8-7-12(10-15-13)14-9-11-5-3-2-4-6-11/h2-3,7-8,10-11,14H,4-6,9H2,1H3. The van der Waals surface area contributed by atoms with Gasteiger partial charge in [-0.05, 0) is 43.6 Å². The Balaban J connectivity index is 1.82. The van der Waals surface area contributed by atoms with Crippen LogP contribution in [0.5, 0.6) is 0 Å². The van der Waals surface area contributed by atoms with Gasteiger partial charge in [0.05, 0.1) is 16.9 Å². The fourth-order valence-electron chi connectivity index (χ4n) is 1.91. The molecule has 1 unspecified atom stereocenters. The monoisotopic (exact) mass is 234 g/mol. The molecule has 0 saturated carbocycles. The van der Waals surface area contributed by atoms with E-state index in [0.717, 1.165) is 23.2 Å². The van der Waals surface area contributed by atoms with Crippen LogP contribution in [0.4, 0.5) is 5.69 Å². The number of aromatic nitrogens is 1. The number of allylic oxidation sites excluding steroid dienone is 2. The van der Waals surface area contributed by atoms with E-state index in [-0.39, 0.29) is 0 Å². The Morgan fingerprint density at radius 1 is 1.44 bits per heavy atom. The first-order valence-electron chi connectivity index (χ1n) is 5.77. The van der Waals surface area contributed by atoms with Gasteiger partial charge in [0, 0.05) is 6.54 Å². The number of anilines is 1. The maximum Gasteiger partial charge on any atom is 0.0958 e. The van der Waals surface area contributed by atoms with Crippen molar-refractivity contribution in [2.75, 3.05) is 18.1 Å². The molecule has 1 aromatic heterocycles. The van der Waals surface area contributed by atoms with Crippen LogP contribution in [0.15, 0.2) is 35.5 Å². The summed E-state index contributed by atoms with van der Waals surface area (Å²) in [5.74, 6) is 0.783. The number of hydrogen-bond donors (Lipinski definition) is 1. The van der Waals surface area contributed by atoms with E-state index in [4.69, 9.17) is 0 Å². The molecule has 0 aromatic carbocycles. The van der Waals surface area contributed by atoms with Crippen LogP contribution in [0.1, 0.15) is 19.3 Å². The van der Waals surface area contributed by atoms with Crippen LogP contribution < -0.4 is 5.32 Å². The highest BCUT2D eigenvalue weighted by atomic mass is 32.2. The predicted molar refractivity (Wildman–Crippen MR) is 71.0 cm³/mol. The molecule has 1 atom stereocenters. The highest BCUT2D eigenvalue weighted by molar-refractivity contribution is 7.98. The summed E-state index contributed by atoms with van der Waals surface area (Å²) in [7, 11) is 0. The molecule has 0 aliphatic heterocycles. The fourth-order valence-corrected chi connectivity index (χ4v) is 2.27. The highest BCUT2D eigenvalue weighted by Crippen LogP contribution is 2.19. The van der Waals surface area contributed by atoms with Crippen LogP contribution in [0.3, 0.4) is 0 Å². The molecular formula is C13H18N2S. The Morgan fingerprint density at radius 3 is 3.00 bits per heavy atom. The molecule has 1 aromatic rings. The summed E-state index contributed by atoms with van der Waals surface area (Å²) in [4.78, 5) is 4.35. The van der Waals surface area contributed by atoms with E-state index in [1.165, 1.54) is 19.3 Å². The van der Waals surface area contributed by atoms with Crippen molar-refractivity contribution >= 4 is 17.4 Å². The molecular weight excluding hydrogens is 216 g/mol. The van der Waals surface area contributed by atoms with Crippen molar-refractivity contribution in [3.63, 3.8) is 0 Å². The lowest BCUT2D eigenvalue weighted by molar-refractivity contribution is 0.504. The van der Waals surface area contributed by atoms with Gasteiger partial charge in [-0.25, -0.2) is 4.98 Å².